The van der Waals surface area contributed by atoms with Gasteiger partial charge in [-0.1, -0.05) is 44.5 Å². The van der Waals surface area contributed by atoms with Gasteiger partial charge >= 0.3 is 0 Å². The van der Waals surface area contributed by atoms with E-state index in [1.54, 1.807) is 5.57 Å². The second-order valence-corrected chi connectivity index (χ2v) is 10.5. The summed E-state index contributed by atoms with van der Waals surface area (Å²) < 4.78 is 0. The van der Waals surface area contributed by atoms with E-state index in [0.29, 0.717) is 12.0 Å². The first-order valence-corrected chi connectivity index (χ1v) is 12.2. The average Bonchev–Trinajstić information content (AvgIpc) is 3.05. The topological polar surface area (TPSA) is 45.1 Å². The third-order valence-electron chi connectivity index (χ3n) is 9.39. The smallest absolute Gasteiger partial charge is 0.129 e. The monoisotopic (exact) mass is 402 g/mol. The minimum atomic E-state index is -0.113. The Balaban J connectivity index is 1.45. The average molecular weight is 403 g/mol. The molecule has 0 radical (unpaired) electrons. The molecule has 4 heteroatoms. The van der Waals surface area contributed by atoms with Crippen LogP contribution in [0, 0.1) is 28.6 Å². The molecule has 4 aliphatic carbocycles. The van der Waals surface area contributed by atoms with E-state index >= 15 is 0 Å². The number of hydrogen-bond donors (Lipinski definition) is 1. The molecule has 3 fully saturated rings. The van der Waals surface area contributed by atoms with Gasteiger partial charge in [0.05, 0.1) is 11.8 Å². The van der Waals surface area contributed by atoms with E-state index in [4.69, 9.17) is 9.99 Å². The fourth-order valence-electron chi connectivity index (χ4n) is 7.41. The minimum Gasteiger partial charge on any atom is -0.394 e. The summed E-state index contributed by atoms with van der Waals surface area (Å²) in [6.45, 7) is 13.2. The molecule has 0 amide bonds. The molecule has 4 aliphatic rings. The zero-order valence-corrected chi connectivity index (χ0v) is 19.1. The molecule has 0 aliphatic heterocycles. The normalized spacial score (nSPS) is 43.0. The molecule has 4 rings (SSSR count). The van der Waals surface area contributed by atoms with Gasteiger partial charge in [0.2, 0.25) is 0 Å². The highest BCUT2D eigenvalue weighted by Crippen LogP contribution is 2.64. The first-order valence-electron chi connectivity index (χ1n) is 12.2. The minimum absolute atomic E-state index is 0.113. The Hall–Kier alpha value is -0.870. The first kappa shape index (κ1) is 21.4. The van der Waals surface area contributed by atoms with Crippen molar-refractivity contribution in [2.24, 2.45) is 33.7 Å². The Morgan fingerprint density at radius 1 is 1.10 bits per heavy atom. The van der Waals surface area contributed by atoms with Crippen LogP contribution in [0.1, 0.15) is 79.1 Å². The molecular weight excluding hydrogens is 360 g/mol. The van der Waals surface area contributed by atoms with Crippen molar-refractivity contribution >= 4 is 5.71 Å². The number of aliphatic hydroxyl groups is 1. The Bertz CT molecular complexity index is 655. The highest BCUT2D eigenvalue weighted by molar-refractivity contribution is 5.92. The van der Waals surface area contributed by atoms with E-state index in [1.165, 1.54) is 37.8 Å². The molecule has 0 unspecified atom stereocenters. The van der Waals surface area contributed by atoms with Gasteiger partial charge in [-0.05, 0) is 87.6 Å². The summed E-state index contributed by atoms with van der Waals surface area (Å²) >= 11 is 0. The van der Waals surface area contributed by atoms with Gasteiger partial charge in [0, 0.05) is 12.0 Å². The fraction of sp³-hybridized carbons (Fsp3) is 0.880. The molecule has 1 N–H and O–H groups in total. The van der Waals surface area contributed by atoms with Gasteiger partial charge < -0.3 is 14.8 Å². The van der Waals surface area contributed by atoms with Crippen molar-refractivity contribution < 1.29 is 9.94 Å². The number of hydrogen-bond acceptors (Lipinski definition) is 4. The van der Waals surface area contributed by atoms with Crippen molar-refractivity contribution in [3.05, 3.63) is 11.6 Å². The zero-order valence-electron chi connectivity index (χ0n) is 19.1. The number of nitrogens with zero attached hydrogens (tertiary/aromatic N) is 2. The highest BCUT2D eigenvalue weighted by atomic mass is 16.6. The standard InChI is InChI=1S/C25H42N2O2/c1-5-27(6-2)15-16-29-26-23-10-9-21-20-8-7-18-17-19(28)11-13-24(18,3)22(20)12-14-25(21,23)4/h7,19-22,28H,5-6,8-17H2,1-4H3/b26-23+/t19-,20-,21-,22-,24-,25-/m0/s1. The lowest BCUT2D eigenvalue weighted by Gasteiger charge is -2.57. The molecular formula is C25H42N2O2. The lowest BCUT2D eigenvalue weighted by molar-refractivity contribution is -0.0217. The third kappa shape index (κ3) is 3.69. The SMILES string of the molecule is CCN(CC)CCO/N=C1\CC[C@H]2[C@@H]3CC=C4C[C@@H](O)CC[C@]4(C)[C@H]3CC[C@]12C. The summed E-state index contributed by atoms with van der Waals surface area (Å²) in [6.07, 6.45) is 11.6. The Morgan fingerprint density at radius 3 is 2.59 bits per heavy atom. The van der Waals surface area contributed by atoms with Gasteiger partial charge in [0.1, 0.15) is 6.61 Å². The zero-order chi connectivity index (χ0) is 20.6. The van der Waals surface area contributed by atoms with E-state index in [1.807, 2.05) is 0 Å². The number of oxime groups is 1. The summed E-state index contributed by atoms with van der Waals surface area (Å²) in [5.74, 6) is 2.31. The van der Waals surface area contributed by atoms with Crippen LogP contribution in [0.15, 0.2) is 16.8 Å². The van der Waals surface area contributed by atoms with Gasteiger partial charge in [-0.25, -0.2) is 0 Å². The van der Waals surface area contributed by atoms with E-state index in [-0.39, 0.29) is 11.5 Å². The molecule has 0 aromatic rings. The summed E-state index contributed by atoms with van der Waals surface area (Å²) in [5.41, 5.74) is 3.45. The van der Waals surface area contributed by atoms with Crippen LogP contribution in [0.4, 0.5) is 0 Å². The summed E-state index contributed by atoms with van der Waals surface area (Å²) in [4.78, 5) is 8.21. The Morgan fingerprint density at radius 2 is 1.83 bits per heavy atom. The second-order valence-electron chi connectivity index (χ2n) is 10.5. The number of allylic oxidation sites excluding steroid dienone is 1. The predicted molar refractivity (Wildman–Crippen MR) is 119 cm³/mol. The Labute approximate surface area is 177 Å². The van der Waals surface area contributed by atoms with Crippen molar-refractivity contribution in [2.45, 2.75) is 85.2 Å². The van der Waals surface area contributed by atoms with Gasteiger partial charge in [-0.2, -0.15) is 0 Å². The molecule has 29 heavy (non-hydrogen) atoms. The van der Waals surface area contributed by atoms with Crippen LogP contribution < -0.4 is 0 Å². The maximum atomic E-state index is 10.2. The molecule has 4 nitrogen and oxygen atoms in total. The highest BCUT2D eigenvalue weighted by Gasteiger charge is 2.58. The number of rotatable bonds is 6. The molecule has 0 heterocycles. The van der Waals surface area contributed by atoms with Crippen LogP contribution in [0.2, 0.25) is 0 Å². The van der Waals surface area contributed by atoms with E-state index in [9.17, 15) is 5.11 Å². The molecule has 0 aromatic heterocycles. The van der Waals surface area contributed by atoms with Crippen LogP contribution in [-0.2, 0) is 4.84 Å². The van der Waals surface area contributed by atoms with Crippen LogP contribution in [0.3, 0.4) is 0 Å². The van der Waals surface area contributed by atoms with Crippen LogP contribution in [-0.4, -0.2) is 48.1 Å². The molecule has 6 atom stereocenters. The largest absolute Gasteiger partial charge is 0.394 e. The maximum absolute atomic E-state index is 10.2. The van der Waals surface area contributed by atoms with Gasteiger partial charge in [-0.15, -0.1) is 0 Å². The van der Waals surface area contributed by atoms with E-state index in [2.05, 4.69) is 38.7 Å². The third-order valence-corrected chi connectivity index (χ3v) is 9.39. The maximum Gasteiger partial charge on any atom is 0.129 e. The number of aliphatic hydroxyl groups excluding tert-OH is 1. The fourth-order valence-corrected chi connectivity index (χ4v) is 7.41. The first-order chi connectivity index (χ1) is 13.9. The summed E-state index contributed by atoms with van der Waals surface area (Å²) in [7, 11) is 0. The van der Waals surface area contributed by atoms with Crippen LogP contribution >= 0.6 is 0 Å². The molecule has 0 aromatic carbocycles. The van der Waals surface area contributed by atoms with Crippen molar-refractivity contribution in [2.75, 3.05) is 26.2 Å². The lowest BCUT2D eigenvalue weighted by Crippen LogP contribution is -2.50. The van der Waals surface area contributed by atoms with Crippen molar-refractivity contribution in [1.29, 1.82) is 0 Å². The van der Waals surface area contributed by atoms with Crippen LogP contribution in [0.25, 0.3) is 0 Å². The molecule has 3 saturated carbocycles. The second kappa shape index (κ2) is 8.34. The summed E-state index contributed by atoms with van der Waals surface area (Å²) in [6, 6.07) is 0. The van der Waals surface area contributed by atoms with E-state index < -0.39 is 0 Å². The molecule has 0 spiro atoms. The number of likely N-dealkylation sites (N-methyl/N-ethyl adjacent to an activating group) is 1. The summed E-state index contributed by atoms with van der Waals surface area (Å²) in [5, 5.41) is 14.9. The predicted octanol–water partition coefficient (Wildman–Crippen LogP) is 5.02. The molecule has 0 saturated heterocycles. The molecule has 0 bridgehead atoms. The van der Waals surface area contributed by atoms with Crippen LogP contribution in [0.5, 0.6) is 0 Å². The molecule has 164 valence electrons. The Kier molecular flexibility index (Phi) is 6.14. The van der Waals surface area contributed by atoms with Crippen molar-refractivity contribution in [3.63, 3.8) is 0 Å². The number of fused-ring (bicyclic) bond motifs is 5. The lowest BCUT2D eigenvalue weighted by atomic mass is 9.48. The van der Waals surface area contributed by atoms with Crippen molar-refractivity contribution in [1.82, 2.24) is 4.90 Å². The quantitative estimate of drug-likeness (QED) is 0.385. The van der Waals surface area contributed by atoms with Crippen molar-refractivity contribution in [3.8, 4) is 0 Å². The van der Waals surface area contributed by atoms with E-state index in [0.717, 1.165) is 56.7 Å². The van der Waals surface area contributed by atoms with Gasteiger partial charge in [0.25, 0.3) is 0 Å². The van der Waals surface area contributed by atoms with Gasteiger partial charge in [-0.3, -0.25) is 0 Å². The van der Waals surface area contributed by atoms with Gasteiger partial charge in [0.15, 0.2) is 0 Å².